The van der Waals surface area contributed by atoms with Crippen molar-refractivity contribution in [2.24, 2.45) is 5.92 Å². The van der Waals surface area contributed by atoms with Gasteiger partial charge in [0.2, 0.25) is 0 Å². The molecule has 0 fully saturated rings. The van der Waals surface area contributed by atoms with Gasteiger partial charge in [0.05, 0.1) is 5.56 Å². The number of benzene rings is 1. The maximum absolute atomic E-state index is 12.0. The molecule has 0 saturated carbocycles. The monoisotopic (exact) mass is 413 g/mol. The molecule has 3 atom stereocenters. The number of aromatic carboxylic acids is 1. The molecule has 0 aliphatic heterocycles. The molecule has 0 radical (unpaired) electrons. The van der Waals surface area contributed by atoms with Gasteiger partial charge in [-0.1, -0.05) is 74.5 Å². The molecular weight excluding hydrogens is 390 g/mol. The molecule has 1 aliphatic carbocycles. The van der Waals surface area contributed by atoms with E-state index >= 15 is 0 Å². The first-order valence-corrected chi connectivity index (χ1v) is 10.5. The second-order valence-corrected chi connectivity index (χ2v) is 8.45. The Morgan fingerprint density at radius 3 is 2.64 bits per heavy atom. The molecule has 1 aliphatic rings. The number of allylic oxidation sites excluding steroid dienone is 5. The van der Waals surface area contributed by atoms with Crippen molar-refractivity contribution >= 4 is 33.9 Å². The molecule has 3 nitrogen and oxygen atoms in total. The van der Waals surface area contributed by atoms with E-state index in [-0.39, 0.29) is 17.8 Å². The van der Waals surface area contributed by atoms with Gasteiger partial charge in [-0.15, -0.1) is 11.3 Å². The highest BCUT2D eigenvalue weighted by Crippen LogP contribution is 2.39. The highest BCUT2D eigenvalue weighted by atomic mass is 35.5. The van der Waals surface area contributed by atoms with Crippen LogP contribution in [0.5, 0.6) is 0 Å². The minimum Gasteiger partial charge on any atom is -0.478 e. The van der Waals surface area contributed by atoms with Crippen molar-refractivity contribution in [3.05, 3.63) is 87.9 Å². The van der Waals surface area contributed by atoms with E-state index in [0.29, 0.717) is 22.0 Å². The van der Waals surface area contributed by atoms with Crippen LogP contribution in [-0.4, -0.2) is 11.1 Å². The third kappa shape index (κ3) is 4.40. The van der Waals surface area contributed by atoms with Crippen molar-refractivity contribution in [1.29, 1.82) is 0 Å². The Hall–Kier alpha value is -2.30. The molecule has 5 heteroatoms. The number of hydrogen-bond donors (Lipinski definition) is 2. The lowest BCUT2D eigenvalue weighted by Gasteiger charge is -2.23. The second-order valence-electron chi connectivity index (χ2n) is 7.13. The molecule has 28 heavy (non-hydrogen) atoms. The zero-order valence-corrected chi connectivity index (χ0v) is 17.6. The third-order valence-electron chi connectivity index (χ3n) is 5.39. The zero-order valence-electron chi connectivity index (χ0n) is 16.0. The number of thiophene rings is 1. The summed E-state index contributed by atoms with van der Waals surface area (Å²) >= 11 is 7.41. The Morgan fingerprint density at radius 1 is 1.32 bits per heavy atom. The number of hydrogen-bond acceptors (Lipinski definition) is 3. The largest absolute Gasteiger partial charge is 0.478 e. The first-order chi connectivity index (χ1) is 13.4. The van der Waals surface area contributed by atoms with Gasteiger partial charge in [-0.3, -0.25) is 0 Å². The SMILES string of the molecule is C=C(Nc1scc(C2C=CC(Cl)=CC2)c1C(=O)O)C(C)C(C)c1ccccc1. The van der Waals surface area contributed by atoms with Crippen molar-refractivity contribution in [3.63, 3.8) is 0 Å². The van der Waals surface area contributed by atoms with Crippen molar-refractivity contribution in [1.82, 2.24) is 0 Å². The van der Waals surface area contributed by atoms with Crippen molar-refractivity contribution in [2.75, 3.05) is 5.32 Å². The van der Waals surface area contributed by atoms with E-state index in [9.17, 15) is 9.90 Å². The second kappa shape index (κ2) is 8.80. The number of carboxylic acid groups (broad SMARTS) is 1. The molecule has 0 saturated heterocycles. The quantitative estimate of drug-likeness (QED) is 0.514. The minimum absolute atomic E-state index is 0.0225. The summed E-state index contributed by atoms with van der Waals surface area (Å²) in [6.07, 6.45) is 6.42. The lowest BCUT2D eigenvalue weighted by Crippen LogP contribution is -2.15. The van der Waals surface area contributed by atoms with E-state index < -0.39 is 5.97 Å². The molecule has 146 valence electrons. The fourth-order valence-corrected chi connectivity index (χ4v) is 4.60. The van der Waals surface area contributed by atoms with E-state index in [4.69, 9.17) is 11.6 Å². The average molecular weight is 414 g/mol. The van der Waals surface area contributed by atoms with Crippen molar-refractivity contribution in [3.8, 4) is 0 Å². The molecule has 3 rings (SSSR count). The van der Waals surface area contributed by atoms with Gasteiger partial charge in [0.15, 0.2) is 0 Å². The van der Waals surface area contributed by atoms with Crippen LogP contribution in [-0.2, 0) is 0 Å². The van der Waals surface area contributed by atoms with E-state index in [2.05, 4.69) is 37.9 Å². The maximum Gasteiger partial charge on any atom is 0.339 e. The predicted molar refractivity (Wildman–Crippen MR) is 118 cm³/mol. The molecule has 0 spiro atoms. The van der Waals surface area contributed by atoms with Gasteiger partial charge in [-0.25, -0.2) is 4.79 Å². The lowest BCUT2D eigenvalue weighted by atomic mass is 9.87. The Balaban J connectivity index is 1.79. The number of rotatable bonds is 7. The number of anilines is 1. The van der Waals surface area contributed by atoms with E-state index in [0.717, 1.165) is 11.3 Å². The summed E-state index contributed by atoms with van der Waals surface area (Å²) in [5, 5.41) is 16.4. The van der Waals surface area contributed by atoms with Gasteiger partial charge in [-0.05, 0) is 34.9 Å². The number of nitrogens with one attached hydrogen (secondary N) is 1. The highest BCUT2D eigenvalue weighted by Gasteiger charge is 2.25. The lowest BCUT2D eigenvalue weighted by molar-refractivity contribution is 0.0697. The van der Waals surface area contributed by atoms with E-state index in [1.54, 1.807) is 0 Å². The fourth-order valence-electron chi connectivity index (χ4n) is 3.39. The highest BCUT2D eigenvalue weighted by molar-refractivity contribution is 7.14. The first-order valence-electron chi connectivity index (χ1n) is 9.27. The molecule has 2 N–H and O–H groups in total. The normalized spacial score (nSPS) is 18.2. The van der Waals surface area contributed by atoms with Crippen molar-refractivity contribution < 1.29 is 9.90 Å². The summed E-state index contributed by atoms with van der Waals surface area (Å²) < 4.78 is 0. The smallest absolute Gasteiger partial charge is 0.339 e. The van der Waals surface area contributed by atoms with Crippen LogP contribution < -0.4 is 5.32 Å². The molecule has 3 unspecified atom stereocenters. The Morgan fingerprint density at radius 2 is 2.04 bits per heavy atom. The molecule has 1 aromatic heterocycles. The molecule has 0 amide bonds. The summed E-state index contributed by atoms with van der Waals surface area (Å²) in [6.45, 7) is 8.46. The van der Waals surface area contributed by atoms with Crippen LogP contribution in [0.25, 0.3) is 0 Å². The zero-order chi connectivity index (χ0) is 20.3. The predicted octanol–water partition coefficient (Wildman–Crippen LogP) is 6.98. The summed E-state index contributed by atoms with van der Waals surface area (Å²) in [6, 6.07) is 10.3. The number of carbonyl (C=O) groups is 1. The molecule has 0 bridgehead atoms. The van der Waals surface area contributed by atoms with Crippen LogP contribution in [0, 0.1) is 5.92 Å². The van der Waals surface area contributed by atoms with Gasteiger partial charge in [-0.2, -0.15) is 0 Å². The van der Waals surface area contributed by atoms with Crippen LogP contribution in [0.15, 0.2) is 71.2 Å². The third-order valence-corrected chi connectivity index (χ3v) is 6.58. The standard InChI is InChI=1S/C23H24ClNO2S/c1-14(15(2)17-7-5-4-6-8-17)16(3)25-22-21(23(26)27)20(13-28-22)18-9-11-19(24)12-10-18/h4-9,11-15,18,25H,3,10H2,1-2H3,(H,26,27). The van der Waals surface area contributed by atoms with Gasteiger partial charge in [0.25, 0.3) is 0 Å². The molecule has 1 aromatic carbocycles. The first kappa shape index (κ1) is 20.4. The molecule has 2 aromatic rings. The summed E-state index contributed by atoms with van der Waals surface area (Å²) in [4.78, 5) is 12.0. The molecule has 1 heterocycles. The van der Waals surface area contributed by atoms with Gasteiger partial charge < -0.3 is 10.4 Å². The van der Waals surface area contributed by atoms with Gasteiger partial charge >= 0.3 is 5.97 Å². The Labute approximate surface area is 175 Å². The summed E-state index contributed by atoms with van der Waals surface area (Å²) in [5.41, 5.74) is 3.19. The topological polar surface area (TPSA) is 49.3 Å². The Bertz CT molecular complexity index is 929. The maximum atomic E-state index is 12.0. The minimum atomic E-state index is -0.927. The Kier molecular flexibility index (Phi) is 6.42. The van der Waals surface area contributed by atoms with Gasteiger partial charge in [0.1, 0.15) is 5.00 Å². The summed E-state index contributed by atoms with van der Waals surface area (Å²) in [7, 11) is 0. The van der Waals surface area contributed by atoms with Crippen LogP contribution in [0.4, 0.5) is 5.00 Å². The fraction of sp³-hybridized carbons (Fsp3) is 0.261. The molecular formula is C23H24ClNO2S. The van der Waals surface area contributed by atoms with Crippen molar-refractivity contribution in [2.45, 2.75) is 32.1 Å². The van der Waals surface area contributed by atoms with E-state index in [1.807, 2.05) is 41.8 Å². The van der Waals surface area contributed by atoms with Crippen LogP contribution in [0.1, 0.15) is 53.6 Å². The summed E-state index contributed by atoms with van der Waals surface area (Å²) in [5.74, 6) is -0.493. The van der Waals surface area contributed by atoms with Gasteiger partial charge in [0, 0.05) is 22.6 Å². The number of carboxylic acids is 1. The number of halogens is 1. The van der Waals surface area contributed by atoms with Crippen LogP contribution in [0.2, 0.25) is 0 Å². The van der Waals surface area contributed by atoms with Crippen LogP contribution >= 0.6 is 22.9 Å². The van der Waals surface area contributed by atoms with Crippen LogP contribution in [0.3, 0.4) is 0 Å². The average Bonchev–Trinajstić information content (AvgIpc) is 3.11. The van der Waals surface area contributed by atoms with E-state index in [1.165, 1.54) is 16.9 Å².